The number of carbonyl (C=O) groups excluding carboxylic acids is 2. The summed E-state index contributed by atoms with van der Waals surface area (Å²) in [4.78, 5) is 23.5. The van der Waals surface area contributed by atoms with E-state index in [1.54, 1.807) is 12.1 Å². The Morgan fingerprint density at radius 2 is 1.75 bits per heavy atom. The van der Waals surface area contributed by atoms with Crippen molar-refractivity contribution in [1.82, 2.24) is 10.9 Å². The zero-order valence-electron chi connectivity index (χ0n) is 9.75. The Morgan fingerprint density at radius 1 is 1.05 bits per heavy atom. The molecule has 5 nitrogen and oxygen atoms in total. The van der Waals surface area contributed by atoms with E-state index in [4.69, 9.17) is 27.6 Å². The minimum atomic E-state index is -0.595. The van der Waals surface area contributed by atoms with Crippen LogP contribution in [-0.4, -0.2) is 11.8 Å². The molecule has 1 heterocycles. The molecule has 1 aromatic carbocycles. The summed E-state index contributed by atoms with van der Waals surface area (Å²) in [6.45, 7) is 0. The quantitative estimate of drug-likeness (QED) is 0.787. The molecule has 2 aromatic rings. The third-order valence-electron chi connectivity index (χ3n) is 2.26. The molecule has 0 saturated carbocycles. The summed E-state index contributed by atoms with van der Waals surface area (Å²) in [5, 5.41) is 0.586. The smallest absolute Gasteiger partial charge is 0.305 e. The monoisotopic (exact) mass is 376 g/mol. The molecule has 0 atom stereocenters. The van der Waals surface area contributed by atoms with Crippen molar-refractivity contribution in [3.8, 4) is 0 Å². The fourth-order valence-corrected chi connectivity index (χ4v) is 2.03. The van der Waals surface area contributed by atoms with Gasteiger partial charge in [0.15, 0.2) is 10.4 Å². The second kappa shape index (κ2) is 6.30. The highest BCUT2D eigenvalue weighted by Crippen LogP contribution is 2.20. The molecule has 1 aromatic heterocycles. The van der Waals surface area contributed by atoms with Gasteiger partial charge in [-0.05, 0) is 46.3 Å². The summed E-state index contributed by atoms with van der Waals surface area (Å²) in [5.41, 5.74) is 4.57. The van der Waals surface area contributed by atoms with Crippen LogP contribution in [0.3, 0.4) is 0 Å². The number of nitrogens with one attached hydrogen (secondary N) is 2. The molecule has 0 spiro atoms. The van der Waals surface area contributed by atoms with Crippen LogP contribution in [0.15, 0.2) is 39.4 Å². The van der Waals surface area contributed by atoms with E-state index >= 15 is 0 Å². The Kier molecular flexibility index (Phi) is 4.69. The maximum absolute atomic E-state index is 11.8. The van der Waals surface area contributed by atoms with Crippen LogP contribution in [0.4, 0.5) is 0 Å². The third-order valence-corrected chi connectivity index (χ3v) is 3.25. The largest absolute Gasteiger partial charge is 0.444 e. The van der Waals surface area contributed by atoms with Gasteiger partial charge in [-0.2, -0.15) is 0 Å². The number of carbonyl (C=O) groups is 2. The van der Waals surface area contributed by atoms with Crippen LogP contribution >= 0.6 is 39.1 Å². The molecule has 0 aliphatic rings. The molecule has 0 saturated heterocycles. The van der Waals surface area contributed by atoms with Crippen molar-refractivity contribution in [2.24, 2.45) is 0 Å². The molecular formula is C12H7BrCl2N2O3. The molecule has 0 aliphatic heterocycles. The lowest BCUT2D eigenvalue weighted by molar-refractivity contribution is 0.0830. The normalized spacial score (nSPS) is 10.2. The first-order chi connectivity index (χ1) is 9.47. The predicted octanol–water partition coefficient (Wildman–Crippen LogP) is 3.42. The van der Waals surface area contributed by atoms with Gasteiger partial charge in [-0.3, -0.25) is 20.4 Å². The minimum absolute atomic E-state index is 0.0503. The van der Waals surface area contributed by atoms with E-state index in [1.807, 2.05) is 0 Å². The van der Waals surface area contributed by atoms with Crippen LogP contribution < -0.4 is 10.9 Å². The van der Waals surface area contributed by atoms with Crippen molar-refractivity contribution < 1.29 is 14.0 Å². The van der Waals surface area contributed by atoms with Crippen molar-refractivity contribution in [1.29, 1.82) is 0 Å². The first kappa shape index (κ1) is 14.9. The highest BCUT2D eigenvalue weighted by Gasteiger charge is 2.14. The van der Waals surface area contributed by atoms with Gasteiger partial charge in [0.05, 0.1) is 10.6 Å². The van der Waals surface area contributed by atoms with E-state index in [2.05, 4.69) is 26.8 Å². The summed E-state index contributed by atoms with van der Waals surface area (Å²) in [6.07, 6.45) is 0. The standard InChI is InChI=1S/C12H7BrCl2N2O3/c13-10-4-3-9(20-10)12(19)17-16-11(18)7-5-6(14)1-2-8(7)15/h1-5H,(H,16,18)(H,17,19). The van der Waals surface area contributed by atoms with Crippen LogP contribution in [0, 0.1) is 0 Å². The fraction of sp³-hybridized carbons (Fsp3) is 0. The minimum Gasteiger partial charge on any atom is -0.444 e. The molecule has 0 bridgehead atoms. The SMILES string of the molecule is O=C(NNC(=O)c1cc(Cl)ccc1Cl)c1ccc(Br)o1. The summed E-state index contributed by atoms with van der Waals surface area (Å²) < 4.78 is 5.44. The van der Waals surface area contributed by atoms with Gasteiger partial charge in [0.2, 0.25) is 0 Å². The predicted molar refractivity (Wildman–Crippen MR) is 77.8 cm³/mol. The van der Waals surface area contributed by atoms with Gasteiger partial charge in [-0.25, -0.2) is 0 Å². The highest BCUT2D eigenvalue weighted by atomic mass is 79.9. The molecule has 20 heavy (non-hydrogen) atoms. The zero-order chi connectivity index (χ0) is 14.7. The molecular weight excluding hydrogens is 371 g/mol. The van der Waals surface area contributed by atoms with Gasteiger partial charge in [0, 0.05) is 5.02 Å². The Morgan fingerprint density at radius 3 is 2.40 bits per heavy atom. The number of furan rings is 1. The van der Waals surface area contributed by atoms with Crippen LogP contribution in [0.25, 0.3) is 0 Å². The first-order valence-electron chi connectivity index (χ1n) is 5.28. The van der Waals surface area contributed by atoms with Crippen molar-refractivity contribution in [2.45, 2.75) is 0 Å². The van der Waals surface area contributed by atoms with Crippen molar-refractivity contribution in [3.05, 3.63) is 56.4 Å². The molecule has 0 radical (unpaired) electrons. The van der Waals surface area contributed by atoms with Gasteiger partial charge >= 0.3 is 5.91 Å². The maximum atomic E-state index is 11.8. The Balaban J connectivity index is 2.02. The number of hydrazine groups is 1. The summed E-state index contributed by atoms with van der Waals surface area (Å²) in [7, 11) is 0. The van der Waals surface area contributed by atoms with Crippen LogP contribution in [0.2, 0.25) is 10.0 Å². The lowest BCUT2D eigenvalue weighted by Gasteiger charge is -2.07. The fourth-order valence-electron chi connectivity index (χ4n) is 1.35. The van der Waals surface area contributed by atoms with E-state index in [0.29, 0.717) is 9.69 Å². The number of hydrogen-bond acceptors (Lipinski definition) is 3. The topological polar surface area (TPSA) is 71.3 Å². The second-order valence-electron chi connectivity index (χ2n) is 3.64. The van der Waals surface area contributed by atoms with Crippen molar-refractivity contribution in [3.63, 3.8) is 0 Å². The zero-order valence-corrected chi connectivity index (χ0v) is 12.8. The summed E-state index contributed by atoms with van der Waals surface area (Å²) in [5.74, 6) is -1.13. The van der Waals surface area contributed by atoms with Crippen molar-refractivity contribution >= 4 is 50.9 Å². The van der Waals surface area contributed by atoms with Crippen LogP contribution in [-0.2, 0) is 0 Å². The summed E-state index contributed by atoms with van der Waals surface area (Å²) >= 11 is 14.7. The molecule has 0 unspecified atom stereocenters. The van der Waals surface area contributed by atoms with E-state index in [9.17, 15) is 9.59 Å². The number of halogens is 3. The van der Waals surface area contributed by atoms with E-state index in [0.717, 1.165) is 0 Å². The number of benzene rings is 1. The molecule has 2 N–H and O–H groups in total. The van der Waals surface area contributed by atoms with Gasteiger partial charge in [0.1, 0.15) is 0 Å². The average molecular weight is 378 g/mol. The molecule has 0 fully saturated rings. The van der Waals surface area contributed by atoms with Gasteiger partial charge < -0.3 is 4.42 Å². The first-order valence-corrected chi connectivity index (χ1v) is 6.83. The molecule has 104 valence electrons. The van der Waals surface area contributed by atoms with Crippen molar-refractivity contribution in [2.75, 3.05) is 0 Å². The number of hydrogen-bond donors (Lipinski definition) is 2. The van der Waals surface area contributed by atoms with Gasteiger partial charge in [-0.15, -0.1) is 0 Å². The van der Waals surface area contributed by atoms with E-state index in [1.165, 1.54) is 18.2 Å². The average Bonchev–Trinajstić information content (AvgIpc) is 2.85. The number of amides is 2. The summed E-state index contributed by atoms with van der Waals surface area (Å²) in [6, 6.07) is 7.46. The number of rotatable bonds is 2. The lowest BCUT2D eigenvalue weighted by atomic mass is 10.2. The van der Waals surface area contributed by atoms with Gasteiger partial charge in [0.25, 0.3) is 5.91 Å². The molecule has 2 rings (SSSR count). The van der Waals surface area contributed by atoms with E-state index in [-0.39, 0.29) is 16.3 Å². The van der Waals surface area contributed by atoms with E-state index < -0.39 is 11.8 Å². The van der Waals surface area contributed by atoms with Crippen LogP contribution in [0.5, 0.6) is 0 Å². The highest BCUT2D eigenvalue weighted by molar-refractivity contribution is 9.10. The van der Waals surface area contributed by atoms with Gasteiger partial charge in [-0.1, -0.05) is 23.2 Å². The molecule has 0 aliphatic carbocycles. The lowest BCUT2D eigenvalue weighted by Crippen LogP contribution is -2.41. The Hall–Kier alpha value is -1.50. The Labute approximate surface area is 132 Å². The maximum Gasteiger partial charge on any atom is 0.305 e. The van der Waals surface area contributed by atoms with Crippen LogP contribution in [0.1, 0.15) is 20.9 Å². The molecule has 2 amide bonds. The Bertz CT molecular complexity index is 672. The third kappa shape index (κ3) is 3.53. The second-order valence-corrected chi connectivity index (χ2v) is 5.26. The molecule has 8 heteroatoms.